The van der Waals surface area contributed by atoms with E-state index in [9.17, 15) is 0 Å². The van der Waals surface area contributed by atoms with Crippen molar-refractivity contribution in [3.63, 3.8) is 0 Å². The Hall–Kier alpha value is -1.34. The summed E-state index contributed by atoms with van der Waals surface area (Å²) < 4.78 is 0. The minimum absolute atomic E-state index is 0.145. The predicted molar refractivity (Wildman–Crippen MR) is 118 cm³/mol. The van der Waals surface area contributed by atoms with E-state index >= 15 is 0 Å². The van der Waals surface area contributed by atoms with E-state index in [0.29, 0.717) is 0 Å². The van der Waals surface area contributed by atoms with Gasteiger partial charge in [-0.2, -0.15) is 0 Å². The fourth-order valence-electron chi connectivity index (χ4n) is 2.66. The molecule has 0 spiro atoms. The van der Waals surface area contributed by atoms with Crippen molar-refractivity contribution >= 4 is 0 Å². The van der Waals surface area contributed by atoms with Gasteiger partial charge in [-0.05, 0) is 78.1 Å². The van der Waals surface area contributed by atoms with Gasteiger partial charge in [0.1, 0.15) is 0 Å². The molecule has 0 aliphatic rings. The van der Waals surface area contributed by atoms with Crippen LogP contribution in [0.2, 0.25) is 0 Å². The summed E-state index contributed by atoms with van der Waals surface area (Å²) in [5.41, 5.74) is 5.66. The fourth-order valence-corrected chi connectivity index (χ4v) is 2.66. The Morgan fingerprint density at radius 3 is 2.12 bits per heavy atom. The van der Waals surface area contributed by atoms with Crippen LogP contribution in [0.5, 0.6) is 0 Å². The molecule has 0 aromatic rings. The van der Waals surface area contributed by atoms with Crippen molar-refractivity contribution in [3.8, 4) is 0 Å². The molecule has 0 bridgehead atoms. The van der Waals surface area contributed by atoms with Crippen LogP contribution >= 0.6 is 0 Å². The van der Waals surface area contributed by atoms with Crippen molar-refractivity contribution in [3.05, 3.63) is 59.3 Å². The Bertz CT molecular complexity index is 522. The molecule has 0 aromatic carbocycles. The van der Waals surface area contributed by atoms with Crippen molar-refractivity contribution in [1.29, 1.82) is 0 Å². The first-order chi connectivity index (χ1) is 12.2. The van der Waals surface area contributed by atoms with Gasteiger partial charge in [-0.25, -0.2) is 0 Å². The lowest BCUT2D eigenvalue weighted by atomic mass is 9.85. The molecule has 1 nitrogen and oxygen atoms in total. The second-order valence-corrected chi connectivity index (χ2v) is 8.49. The topological polar surface area (TPSA) is 20.2 Å². The molecule has 0 heterocycles. The molecule has 0 saturated heterocycles. The van der Waals surface area contributed by atoms with Gasteiger partial charge in [0, 0.05) is 0 Å². The SMILES string of the molecule is C=C(C/C=C(\C)CCC=C(C)C)CCC(C)(C)/C=C\CC/C(C)=C\CO. The van der Waals surface area contributed by atoms with Crippen molar-refractivity contribution in [2.75, 3.05) is 6.61 Å². The van der Waals surface area contributed by atoms with Crippen LogP contribution in [-0.2, 0) is 0 Å². The summed E-state index contributed by atoms with van der Waals surface area (Å²) in [5.74, 6) is 0. The smallest absolute Gasteiger partial charge is 0.0614 e. The van der Waals surface area contributed by atoms with Gasteiger partial charge in [0.05, 0.1) is 6.61 Å². The van der Waals surface area contributed by atoms with Crippen LogP contribution in [0.4, 0.5) is 0 Å². The van der Waals surface area contributed by atoms with Crippen molar-refractivity contribution < 1.29 is 5.11 Å². The summed E-state index contributed by atoms with van der Waals surface area (Å²) >= 11 is 0. The van der Waals surface area contributed by atoms with Gasteiger partial charge in [-0.1, -0.05) is 73.1 Å². The molecule has 0 saturated carbocycles. The molecular weight excluding hydrogens is 316 g/mol. The molecule has 1 N–H and O–H groups in total. The highest BCUT2D eigenvalue weighted by molar-refractivity contribution is 5.10. The lowest BCUT2D eigenvalue weighted by Gasteiger charge is -2.20. The van der Waals surface area contributed by atoms with Crippen LogP contribution in [0.3, 0.4) is 0 Å². The fraction of sp³-hybridized carbons (Fsp3) is 0.600. The highest BCUT2D eigenvalue weighted by Crippen LogP contribution is 2.27. The van der Waals surface area contributed by atoms with Crippen molar-refractivity contribution in [1.82, 2.24) is 0 Å². The van der Waals surface area contributed by atoms with Crippen molar-refractivity contribution in [2.24, 2.45) is 5.41 Å². The van der Waals surface area contributed by atoms with Crippen LogP contribution in [-0.4, -0.2) is 11.7 Å². The number of hydrogen-bond acceptors (Lipinski definition) is 1. The van der Waals surface area contributed by atoms with E-state index in [1.165, 1.54) is 22.3 Å². The van der Waals surface area contributed by atoms with Gasteiger partial charge >= 0.3 is 0 Å². The second-order valence-electron chi connectivity index (χ2n) is 8.49. The molecule has 1 heteroatoms. The van der Waals surface area contributed by atoms with Gasteiger partial charge in [-0.15, -0.1) is 0 Å². The molecule has 0 aliphatic carbocycles. The Morgan fingerprint density at radius 2 is 1.50 bits per heavy atom. The Kier molecular flexibility index (Phi) is 13.1. The summed E-state index contributed by atoms with van der Waals surface area (Å²) in [6.45, 7) is 17.6. The molecule has 148 valence electrons. The summed E-state index contributed by atoms with van der Waals surface area (Å²) in [7, 11) is 0. The first-order valence-electron chi connectivity index (χ1n) is 10.1. The maximum atomic E-state index is 8.88. The molecule has 0 amide bonds. The molecule has 0 radical (unpaired) electrons. The van der Waals surface area contributed by atoms with Crippen LogP contribution in [0.25, 0.3) is 0 Å². The van der Waals surface area contributed by atoms with E-state index in [4.69, 9.17) is 5.11 Å². The number of rotatable bonds is 13. The Labute approximate surface area is 163 Å². The molecule has 0 fully saturated rings. The molecule has 0 unspecified atom stereocenters. The number of aliphatic hydroxyl groups is 1. The minimum Gasteiger partial charge on any atom is -0.392 e. The van der Waals surface area contributed by atoms with E-state index in [1.807, 2.05) is 6.08 Å². The second kappa shape index (κ2) is 13.8. The lowest BCUT2D eigenvalue weighted by Crippen LogP contribution is -2.07. The molecule has 0 aliphatic heterocycles. The van der Waals surface area contributed by atoms with Gasteiger partial charge < -0.3 is 5.11 Å². The van der Waals surface area contributed by atoms with Gasteiger partial charge in [-0.3, -0.25) is 0 Å². The maximum Gasteiger partial charge on any atom is 0.0614 e. The lowest BCUT2D eigenvalue weighted by molar-refractivity contribution is 0.341. The van der Waals surface area contributed by atoms with E-state index in [-0.39, 0.29) is 12.0 Å². The molecule has 0 rings (SSSR count). The highest BCUT2D eigenvalue weighted by Gasteiger charge is 2.13. The van der Waals surface area contributed by atoms with E-state index in [0.717, 1.165) is 44.9 Å². The largest absolute Gasteiger partial charge is 0.392 e. The summed E-state index contributed by atoms with van der Waals surface area (Å²) in [6.07, 6.45) is 18.7. The Morgan fingerprint density at radius 1 is 0.885 bits per heavy atom. The Balaban J connectivity index is 4.18. The third-order valence-corrected chi connectivity index (χ3v) is 4.67. The van der Waals surface area contributed by atoms with Crippen molar-refractivity contribution in [2.45, 2.75) is 86.5 Å². The molecular formula is C25H42O. The zero-order valence-corrected chi connectivity index (χ0v) is 18.2. The van der Waals surface area contributed by atoms with Gasteiger partial charge in [0.15, 0.2) is 0 Å². The average Bonchev–Trinajstić information content (AvgIpc) is 2.55. The predicted octanol–water partition coefficient (Wildman–Crippen LogP) is 7.71. The van der Waals surface area contributed by atoms with Crippen LogP contribution in [0, 0.1) is 5.41 Å². The molecule has 0 atom stereocenters. The normalized spacial score (nSPS) is 13.3. The average molecular weight is 359 g/mol. The maximum absolute atomic E-state index is 8.88. The van der Waals surface area contributed by atoms with E-state index in [2.05, 4.69) is 72.4 Å². The first kappa shape index (κ1) is 24.7. The zero-order chi connectivity index (χ0) is 20.0. The summed E-state index contributed by atoms with van der Waals surface area (Å²) in [4.78, 5) is 0. The zero-order valence-electron chi connectivity index (χ0n) is 18.2. The summed E-state index contributed by atoms with van der Waals surface area (Å²) in [6, 6.07) is 0. The van der Waals surface area contributed by atoms with E-state index < -0.39 is 0 Å². The first-order valence-corrected chi connectivity index (χ1v) is 10.1. The van der Waals surface area contributed by atoms with Gasteiger partial charge in [0.25, 0.3) is 0 Å². The van der Waals surface area contributed by atoms with Gasteiger partial charge in [0.2, 0.25) is 0 Å². The third kappa shape index (κ3) is 15.0. The quantitative estimate of drug-likeness (QED) is 0.334. The standard InChI is InChI=1S/C25H42O/c1-21(2)11-10-13-22(3)14-15-24(5)16-19-25(6,7)18-9-8-12-23(4)17-20-26/h9,11,14,17-18,26H,5,8,10,12-13,15-16,19-20H2,1-4,6-7H3/b18-9-,22-14+,23-17-. The highest BCUT2D eigenvalue weighted by atomic mass is 16.2. The third-order valence-electron chi connectivity index (χ3n) is 4.67. The monoisotopic (exact) mass is 358 g/mol. The number of aliphatic hydroxyl groups excluding tert-OH is 1. The summed E-state index contributed by atoms with van der Waals surface area (Å²) in [5, 5.41) is 8.88. The number of hydrogen-bond donors (Lipinski definition) is 1. The van der Waals surface area contributed by atoms with E-state index in [1.54, 1.807) is 0 Å². The molecule has 26 heavy (non-hydrogen) atoms. The number of allylic oxidation sites excluding steroid dienone is 8. The van der Waals surface area contributed by atoms with Crippen LogP contribution in [0.1, 0.15) is 86.5 Å². The van der Waals surface area contributed by atoms with Crippen LogP contribution < -0.4 is 0 Å². The van der Waals surface area contributed by atoms with Crippen LogP contribution in [0.15, 0.2) is 59.3 Å². The minimum atomic E-state index is 0.145. The molecule has 0 aromatic heterocycles.